The van der Waals surface area contributed by atoms with E-state index in [1.54, 1.807) is 23.1 Å². The van der Waals surface area contributed by atoms with E-state index in [1.165, 1.54) is 11.3 Å². The van der Waals surface area contributed by atoms with Gasteiger partial charge >= 0.3 is 0 Å². The molecule has 1 aromatic heterocycles. The molecule has 1 atom stereocenters. The van der Waals surface area contributed by atoms with Gasteiger partial charge in [-0.1, -0.05) is 48.0 Å². The smallest absolute Gasteiger partial charge is 0.235 e. The van der Waals surface area contributed by atoms with Crippen molar-refractivity contribution in [3.05, 3.63) is 71.2 Å². The molecule has 30 heavy (non-hydrogen) atoms. The number of carbonyl (C=O) groups excluding carboxylic acids is 1. The van der Waals surface area contributed by atoms with Gasteiger partial charge in [0.2, 0.25) is 5.91 Å². The number of anilines is 1. The van der Waals surface area contributed by atoms with E-state index in [-0.39, 0.29) is 11.2 Å². The van der Waals surface area contributed by atoms with Crippen molar-refractivity contribution in [2.45, 2.75) is 24.9 Å². The molecule has 0 aliphatic carbocycles. The Morgan fingerprint density at radius 3 is 2.47 bits per heavy atom. The SMILES string of the molecule is Cc1ccc(-c2nc(CSC(C)C(=O)N3CCN(c4ccccc4)CC3)cs2)cc1. The molecule has 2 aromatic carbocycles. The lowest BCUT2D eigenvalue weighted by atomic mass is 10.2. The molecule has 1 amide bonds. The molecule has 1 fully saturated rings. The fourth-order valence-corrected chi connectivity index (χ4v) is 5.36. The number of hydrogen-bond donors (Lipinski definition) is 0. The van der Waals surface area contributed by atoms with Crippen molar-refractivity contribution in [2.24, 2.45) is 0 Å². The minimum Gasteiger partial charge on any atom is -0.368 e. The Kier molecular flexibility index (Phi) is 6.75. The van der Waals surface area contributed by atoms with Crippen molar-refractivity contribution in [1.29, 1.82) is 0 Å². The van der Waals surface area contributed by atoms with E-state index in [1.807, 2.05) is 17.9 Å². The van der Waals surface area contributed by atoms with Crippen LogP contribution < -0.4 is 4.90 Å². The first-order valence-electron chi connectivity index (χ1n) is 10.3. The Morgan fingerprint density at radius 1 is 1.07 bits per heavy atom. The predicted molar refractivity (Wildman–Crippen MR) is 128 cm³/mol. The summed E-state index contributed by atoms with van der Waals surface area (Å²) in [5.41, 5.74) is 4.69. The first kappa shape index (κ1) is 20.9. The summed E-state index contributed by atoms with van der Waals surface area (Å²) in [5.74, 6) is 1.00. The van der Waals surface area contributed by atoms with Gasteiger partial charge in [0.05, 0.1) is 10.9 Å². The summed E-state index contributed by atoms with van der Waals surface area (Å²) in [5, 5.41) is 3.09. The molecule has 1 unspecified atom stereocenters. The second kappa shape index (κ2) is 9.67. The number of amides is 1. The van der Waals surface area contributed by atoms with Crippen LogP contribution in [0.5, 0.6) is 0 Å². The van der Waals surface area contributed by atoms with E-state index in [0.29, 0.717) is 0 Å². The van der Waals surface area contributed by atoms with E-state index >= 15 is 0 Å². The van der Waals surface area contributed by atoms with Gasteiger partial charge in [-0.25, -0.2) is 4.98 Å². The lowest BCUT2D eigenvalue weighted by molar-refractivity contribution is -0.130. The Labute approximate surface area is 186 Å². The van der Waals surface area contributed by atoms with E-state index in [0.717, 1.165) is 48.2 Å². The second-order valence-corrected chi connectivity index (χ2v) is 9.80. The highest BCUT2D eigenvalue weighted by atomic mass is 32.2. The number of carbonyl (C=O) groups is 1. The van der Waals surface area contributed by atoms with E-state index in [4.69, 9.17) is 4.98 Å². The first-order valence-corrected chi connectivity index (χ1v) is 12.2. The molecule has 156 valence electrons. The number of aryl methyl sites for hydroxylation is 1. The third-order valence-corrected chi connectivity index (χ3v) is 7.50. The van der Waals surface area contributed by atoms with Crippen molar-refractivity contribution < 1.29 is 4.79 Å². The molecule has 0 spiro atoms. The zero-order valence-corrected chi connectivity index (χ0v) is 19.1. The van der Waals surface area contributed by atoms with Crippen LogP contribution in [0.3, 0.4) is 0 Å². The Morgan fingerprint density at radius 2 is 1.77 bits per heavy atom. The molecule has 2 heterocycles. The zero-order valence-electron chi connectivity index (χ0n) is 17.5. The van der Waals surface area contributed by atoms with E-state index < -0.39 is 0 Å². The molecule has 0 bridgehead atoms. The van der Waals surface area contributed by atoms with Crippen molar-refractivity contribution in [1.82, 2.24) is 9.88 Å². The quantitative estimate of drug-likeness (QED) is 0.538. The average Bonchev–Trinajstić information content (AvgIpc) is 3.27. The van der Waals surface area contributed by atoms with E-state index in [9.17, 15) is 4.79 Å². The van der Waals surface area contributed by atoms with Crippen LogP contribution in [0, 0.1) is 6.92 Å². The highest BCUT2D eigenvalue weighted by Gasteiger charge is 2.25. The average molecular weight is 438 g/mol. The van der Waals surface area contributed by atoms with Crippen molar-refractivity contribution in [3.63, 3.8) is 0 Å². The minimum absolute atomic E-state index is 0.0576. The summed E-state index contributed by atoms with van der Waals surface area (Å²) >= 11 is 3.35. The van der Waals surface area contributed by atoms with Gasteiger partial charge in [-0.15, -0.1) is 23.1 Å². The van der Waals surface area contributed by atoms with Gasteiger partial charge in [0.25, 0.3) is 0 Å². The number of hydrogen-bond acceptors (Lipinski definition) is 5. The number of aromatic nitrogens is 1. The summed E-state index contributed by atoms with van der Waals surface area (Å²) in [7, 11) is 0. The number of nitrogens with zero attached hydrogens (tertiary/aromatic N) is 3. The molecule has 0 N–H and O–H groups in total. The highest BCUT2D eigenvalue weighted by Crippen LogP contribution is 2.27. The molecule has 1 aliphatic heterocycles. The Balaban J connectivity index is 1.27. The minimum atomic E-state index is -0.0576. The van der Waals surface area contributed by atoms with Gasteiger partial charge in [-0.2, -0.15) is 0 Å². The lowest BCUT2D eigenvalue weighted by Gasteiger charge is -2.37. The van der Waals surface area contributed by atoms with Crippen LogP contribution in [0.4, 0.5) is 5.69 Å². The molecule has 4 nitrogen and oxygen atoms in total. The normalized spacial score (nSPS) is 15.3. The molecule has 0 radical (unpaired) electrons. The predicted octanol–water partition coefficient (Wildman–Crippen LogP) is 5.09. The van der Waals surface area contributed by atoms with Crippen LogP contribution >= 0.6 is 23.1 Å². The van der Waals surface area contributed by atoms with Gasteiger partial charge in [0.15, 0.2) is 0 Å². The van der Waals surface area contributed by atoms with Crippen molar-refractivity contribution in [2.75, 3.05) is 31.1 Å². The summed E-state index contributed by atoms with van der Waals surface area (Å²) in [4.78, 5) is 22.0. The number of benzene rings is 2. The molecule has 6 heteroatoms. The fraction of sp³-hybridized carbons (Fsp3) is 0.333. The Hall–Kier alpha value is -2.31. The topological polar surface area (TPSA) is 36.4 Å². The van der Waals surface area contributed by atoms with Gasteiger partial charge in [-0.3, -0.25) is 4.79 Å². The van der Waals surface area contributed by atoms with Gasteiger partial charge < -0.3 is 9.80 Å². The number of para-hydroxylation sites is 1. The molecule has 4 rings (SSSR count). The Bertz CT molecular complexity index is 964. The van der Waals surface area contributed by atoms with Crippen LogP contribution in [-0.2, 0) is 10.5 Å². The van der Waals surface area contributed by atoms with Crippen LogP contribution in [0.1, 0.15) is 18.2 Å². The first-order chi connectivity index (χ1) is 14.6. The summed E-state index contributed by atoms with van der Waals surface area (Å²) in [6.45, 7) is 7.45. The van der Waals surface area contributed by atoms with Crippen molar-refractivity contribution in [3.8, 4) is 10.6 Å². The van der Waals surface area contributed by atoms with E-state index in [2.05, 4.69) is 65.7 Å². The number of thiazole rings is 1. The third-order valence-electron chi connectivity index (χ3n) is 5.39. The molecule has 1 aliphatic rings. The maximum Gasteiger partial charge on any atom is 0.235 e. The van der Waals surface area contributed by atoms with Crippen LogP contribution in [0.15, 0.2) is 60.0 Å². The van der Waals surface area contributed by atoms with Crippen LogP contribution in [-0.4, -0.2) is 47.2 Å². The highest BCUT2D eigenvalue weighted by molar-refractivity contribution is 7.99. The maximum atomic E-state index is 12.9. The van der Waals surface area contributed by atoms with Gasteiger partial charge in [0.1, 0.15) is 5.01 Å². The van der Waals surface area contributed by atoms with Crippen LogP contribution in [0.25, 0.3) is 10.6 Å². The third kappa shape index (κ3) is 5.05. The summed E-state index contributed by atoms with van der Waals surface area (Å²) in [6, 6.07) is 18.9. The van der Waals surface area contributed by atoms with Gasteiger partial charge in [-0.05, 0) is 26.0 Å². The molecule has 1 saturated heterocycles. The molecule has 0 saturated carbocycles. The number of rotatable bonds is 6. The zero-order chi connectivity index (χ0) is 20.9. The monoisotopic (exact) mass is 437 g/mol. The lowest BCUT2D eigenvalue weighted by Crippen LogP contribution is -2.50. The van der Waals surface area contributed by atoms with Crippen LogP contribution in [0.2, 0.25) is 0 Å². The molecular formula is C24H27N3OS2. The molecule has 3 aromatic rings. The largest absolute Gasteiger partial charge is 0.368 e. The van der Waals surface area contributed by atoms with Crippen molar-refractivity contribution >= 4 is 34.7 Å². The summed E-state index contributed by atoms with van der Waals surface area (Å²) < 4.78 is 0. The number of thioether (sulfide) groups is 1. The standard InChI is InChI=1S/C24H27N3OS2/c1-18-8-10-20(11-9-18)23-25-21(17-30-23)16-29-19(2)24(28)27-14-12-26(13-15-27)22-6-4-3-5-7-22/h3-11,17,19H,12-16H2,1-2H3. The van der Waals surface area contributed by atoms with Gasteiger partial charge in [0, 0.05) is 48.6 Å². The fourth-order valence-electron chi connectivity index (χ4n) is 3.56. The molecular weight excluding hydrogens is 410 g/mol. The number of piperazine rings is 1. The summed E-state index contributed by atoms with van der Waals surface area (Å²) in [6.07, 6.45) is 0. The maximum absolute atomic E-state index is 12.9. The second-order valence-electron chi connectivity index (χ2n) is 7.61.